The average Bonchev–Trinajstić information content (AvgIpc) is 2.38. The van der Waals surface area contributed by atoms with E-state index in [0.29, 0.717) is 19.1 Å². The van der Waals surface area contributed by atoms with Crippen LogP contribution in [0.1, 0.15) is 31.4 Å². The molecule has 0 amide bonds. The molecule has 0 aromatic heterocycles. The molecule has 6 heteroatoms. The summed E-state index contributed by atoms with van der Waals surface area (Å²) >= 11 is 3.57. The summed E-state index contributed by atoms with van der Waals surface area (Å²) in [5.41, 5.74) is 1.23. The molecule has 2 rings (SSSR count). The maximum Gasteiger partial charge on any atom is 0.211 e. The Balaban J connectivity index is 1.91. The summed E-state index contributed by atoms with van der Waals surface area (Å²) in [6.07, 6.45) is 3.01. The second-order valence-corrected chi connectivity index (χ2v) is 8.18. The van der Waals surface area contributed by atoms with E-state index in [0.717, 1.165) is 17.3 Å². The van der Waals surface area contributed by atoms with Gasteiger partial charge in [-0.25, -0.2) is 12.7 Å². The summed E-state index contributed by atoms with van der Waals surface area (Å²) in [7, 11) is -3.04. The summed E-state index contributed by atoms with van der Waals surface area (Å²) in [6.45, 7) is 3.36. The first-order valence-electron chi connectivity index (χ1n) is 6.83. The normalized spacial score (nSPS) is 19.9. The molecule has 1 aliphatic heterocycles. The van der Waals surface area contributed by atoms with Gasteiger partial charge in [0.1, 0.15) is 0 Å². The van der Waals surface area contributed by atoms with Crippen LogP contribution in [0.4, 0.5) is 0 Å². The SMILES string of the molecule is CC(NC1CCN(S(C)(=O)=O)CC1)c1ccccc1Br. The van der Waals surface area contributed by atoms with Gasteiger partial charge in [0.15, 0.2) is 0 Å². The van der Waals surface area contributed by atoms with Gasteiger partial charge in [0.2, 0.25) is 10.0 Å². The number of benzene rings is 1. The number of hydrogen-bond acceptors (Lipinski definition) is 3. The highest BCUT2D eigenvalue weighted by atomic mass is 79.9. The molecule has 1 aromatic carbocycles. The largest absolute Gasteiger partial charge is 0.307 e. The van der Waals surface area contributed by atoms with Gasteiger partial charge in [0, 0.05) is 29.6 Å². The summed E-state index contributed by atoms with van der Waals surface area (Å²) in [5.74, 6) is 0. The Morgan fingerprint density at radius 1 is 1.30 bits per heavy atom. The molecule has 1 fully saturated rings. The van der Waals surface area contributed by atoms with E-state index in [1.165, 1.54) is 11.8 Å². The molecule has 1 aliphatic rings. The van der Waals surface area contributed by atoms with Gasteiger partial charge < -0.3 is 5.32 Å². The molecule has 0 radical (unpaired) electrons. The smallest absolute Gasteiger partial charge is 0.211 e. The van der Waals surface area contributed by atoms with Gasteiger partial charge in [-0.15, -0.1) is 0 Å². The zero-order valence-electron chi connectivity index (χ0n) is 11.8. The van der Waals surface area contributed by atoms with E-state index >= 15 is 0 Å². The van der Waals surface area contributed by atoms with E-state index in [1.54, 1.807) is 4.31 Å². The zero-order chi connectivity index (χ0) is 14.8. The standard InChI is InChI=1S/C14H21BrN2O2S/c1-11(13-5-3-4-6-14(13)15)16-12-7-9-17(10-8-12)20(2,18)19/h3-6,11-12,16H,7-10H2,1-2H3. The second kappa shape index (κ2) is 6.56. The molecule has 1 saturated heterocycles. The van der Waals surface area contributed by atoms with E-state index in [1.807, 2.05) is 18.2 Å². The van der Waals surface area contributed by atoms with Crippen molar-refractivity contribution in [1.82, 2.24) is 9.62 Å². The van der Waals surface area contributed by atoms with Crippen LogP contribution in [-0.4, -0.2) is 38.1 Å². The Hall–Kier alpha value is -0.430. The summed E-state index contributed by atoms with van der Waals surface area (Å²) in [6, 6.07) is 8.80. The maximum atomic E-state index is 11.5. The van der Waals surface area contributed by atoms with Crippen LogP contribution in [0, 0.1) is 0 Å². The van der Waals surface area contributed by atoms with Crippen molar-refractivity contribution >= 4 is 26.0 Å². The van der Waals surface area contributed by atoms with Crippen molar-refractivity contribution in [2.24, 2.45) is 0 Å². The Labute approximate surface area is 129 Å². The highest BCUT2D eigenvalue weighted by Crippen LogP contribution is 2.24. The van der Waals surface area contributed by atoms with Crippen LogP contribution < -0.4 is 5.32 Å². The maximum absolute atomic E-state index is 11.5. The Kier molecular flexibility index (Phi) is 5.23. The van der Waals surface area contributed by atoms with Crippen molar-refractivity contribution in [2.75, 3.05) is 19.3 Å². The molecule has 1 unspecified atom stereocenters. The molecule has 0 spiro atoms. The second-order valence-electron chi connectivity index (χ2n) is 5.35. The van der Waals surface area contributed by atoms with Crippen molar-refractivity contribution in [3.05, 3.63) is 34.3 Å². The van der Waals surface area contributed by atoms with Crippen LogP contribution >= 0.6 is 15.9 Å². The fraction of sp³-hybridized carbons (Fsp3) is 0.571. The molecular weight excluding hydrogens is 340 g/mol. The van der Waals surface area contributed by atoms with Crippen LogP contribution in [0.15, 0.2) is 28.7 Å². The van der Waals surface area contributed by atoms with Crippen LogP contribution in [0.3, 0.4) is 0 Å². The third kappa shape index (κ3) is 4.04. The lowest BCUT2D eigenvalue weighted by Crippen LogP contribution is -2.45. The minimum absolute atomic E-state index is 0.250. The molecular formula is C14H21BrN2O2S. The fourth-order valence-corrected chi connectivity index (χ4v) is 4.13. The Morgan fingerprint density at radius 2 is 1.90 bits per heavy atom. The molecule has 0 aliphatic carbocycles. The van der Waals surface area contributed by atoms with E-state index in [-0.39, 0.29) is 6.04 Å². The summed E-state index contributed by atoms with van der Waals surface area (Å²) in [5, 5.41) is 3.60. The molecule has 1 N–H and O–H groups in total. The van der Waals surface area contributed by atoms with Gasteiger partial charge in [0.25, 0.3) is 0 Å². The van der Waals surface area contributed by atoms with Crippen molar-refractivity contribution < 1.29 is 8.42 Å². The Bertz CT molecular complexity index is 554. The lowest BCUT2D eigenvalue weighted by atomic mass is 10.0. The van der Waals surface area contributed by atoms with Gasteiger partial charge in [0.05, 0.1) is 6.26 Å². The van der Waals surface area contributed by atoms with Crippen molar-refractivity contribution in [1.29, 1.82) is 0 Å². The number of piperidine rings is 1. The third-order valence-electron chi connectivity index (χ3n) is 3.78. The van der Waals surface area contributed by atoms with Gasteiger partial charge in [-0.2, -0.15) is 0 Å². The number of hydrogen-bond donors (Lipinski definition) is 1. The van der Waals surface area contributed by atoms with Gasteiger partial charge in [-0.05, 0) is 31.4 Å². The molecule has 20 heavy (non-hydrogen) atoms. The molecule has 0 saturated carbocycles. The van der Waals surface area contributed by atoms with Gasteiger partial charge >= 0.3 is 0 Å². The highest BCUT2D eigenvalue weighted by Gasteiger charge is 2.25. The number of rotatable bonds is 4. The molecule has 1 atom stereocenters. The zero-order valence-corrected chi connectivity index (χ0v) is 14.2. The third-order valence-corrected chi connectivity index (χ3v) is 5.81. The lowest BCUT2D eigenvalue weighted by Gasteiger charge is -2.32. The van der Waals surface area contributed by atoms with Crippen LogP contribution in [0.5, 0.6) is 0 Å². The fourth-order valence-electron chi connectivity index (χ4n) is 2.62. The van der Waals surface area contributed by atoms with Gasteiger partial charge in [-0.1, -0.05) is 34.1 Å². The predicted octanol–water partition coefficient (Wildman–Crippen LogP) is 2.52. The first kappa shape index (κ1) is 15.9. The lowest BCUT2D eigenvalue weighted by molar-refractivity contribution is 0.278. The number of sulfonamides is 1. The highest BCUT2D eigenvalue weighted by molar-refractivity contribution is 9.10. The van der Waals surface area contributed by atoms with Crippen LogP contribution in [-0.2, 0) is 10.0 Å². The van der Waals surface area contributed by atoms with E-state index < -0.39 is 10.0 Å². The number of halogens is 1. The van der Waals surface area contributed by atoms with Crippen molar-refractivity contribution in [3.8, 4) is 0 Å². The molecule has 0 bridgehead atoms. The van der Waals surface area contributed by atoms with Crippen molar-refractivity contribution in [3.63, 3.8) is 0 Å². The monoisotopic (exact) mass is 360 g/mol. The number of nitrogens with zero attached hydrogens (tertiary/aromatic N) is 1. The van der Waals surface area contributed by atoms with Crippen LogP contribution in [0.2, 0.25) is 0 Å². The molecule has 1 aromatic rings. The topological polar surface area (TPSA) is 49.4 Å². The van der Waals surface area contributed by atoms with E-state index in [9.17, 15) is 8.42 Å². The predicted molar refractivity (Wildman–Crippen MR) is 85.1 cm³/mol. The van der Waals surface area contributed by atoms with Gasteiger partial charge in [-0.3, -0.25) is 0 Å². The number of nitrogens with one attached hydrogen (secondary N) is 1. The van der Waals surface area contributed by atoms with E-state index in [2.05, 4.69) is 34.2 Å². The van der Waals surface area contributed by atoms with E-state index in [4.69, 9.17) is 0 Å². The Morgan fingerprint density at radius 3 is 2.45 bits per heavy atom. The average molecular weight is 361 g/mol. The summed E-state index contributed by atoms with van der Waals surface area (Å²) < 4.78 is 25.6. The van der Waals surface area contributed by atoms with Crippen LogP contribution in [0.25, 0.3) is 0 Å². The van der Waals surface area contributed by atoms with Crippen molar-refractivity contribution in [2.45, 2.75) is 31.8 Å². The minimum Gasteiger partial charge on any atom is -0.307 e. The molecule has 1 heterocycles. The first-order chi connectivity index (χ1) is 9.38. The molecule has 112 valence electrons. The molecule has 4 nitrogen and oxygen atoms in total. The minimum atomic E-state index is -3.04. The quantitative estimate of drug-likeness (QED) is 0.897. The summed E-state index contributed by atoms with van der Waals surface area (Å²) in [4.78, 5) is 0. The first-order valence-corrected chi connectivity index (χ1v) is 9.47.